The van der Waals surface area contributed by atoms with Gasteiger partial charge in [0, 0.05) is 26.7 Å². The molecule has 116 valence electrons. The van der Waals surface area contributed by atoms with E-state index in [0.29, 0.717) is 31.0 Å². The van der Waals surface area contributed by atoms with Crippen molar-refractivity contribution in [3.05, 3.63) is 35.4 Å². The zero-order valence-electron chi connectivity index (χ0n) is 12.2. The van der Waals surface area contributed by atoms with Crippen LogP contribution >= 0.6 is 0 Å². The first kappa shape index (κ1) is 15.7. The first-order chi connectivity index (χ1) is 10.2. The fourth-order valence-electron chi connectivity index (χ4n) is 2.29. The van der Waals surface area contributed by atoms with Crippen molar-refractivity contribution in [1.29, 1.82) is 0 Å². The minimum Gasteiger partial charge on any atom is -0.376 e. The summed E-state index contributed by atoms with van der Waals surface area (Å²) in [6.07, 6.45) is 2.77. The largest absolute Gasteiger partial charge is 0.376 e. The second kappa shape index (κ2) is 7.93. The highest BCUT2D eigenvalue weighted by Crippen LogP contribution is 2.11. The molecule has 1 aliphatic rings. The van der Waals surface area contributed by atoms with Gasteiger partial charge in [0.2, 0.25) is 0 Å². The molecular formula is C15H21F2N3O. The maximum Gasteiger partial charge on any atom is 0.191 e. The van der Waals surface area contributed by atoms with Gasteiger partial charge in [0.25, 0.3) is 0 Å². The molecule has 0 bridgehead atoms. The van der Waals surface area contributed by atoms with E-state index in [2.05, 4.69) is 15.6 Å². The molecule has 21 heavy (non-hydrogen) atoms. The van der Waals surface area contributed by atoms with Gasteiger partial charge in [0.1, 0.15) is 0 Å². The number of benzene rings is 1. The fourth-order valence-corrected chi connectivity index (χ4v) is 2.29. The molecule has 1 heterocycles. The lowest BCUT2D eigenvalue weighted by Crippen LogP contribution is -2.41. The number of hydrogen-bond acceptors (Lipinski definition) is 2. The summed E-state index contributed by atoms with van der Waals surface area (Å²) in [6.45, 7) is 2.00. The molecule has 0 aliphatic carbocycles. The molecule has 1 aromatic rings. The SMILES string of the molecule is CN=C(NCCc1cccc(F)c1F)NCC1CCCO1. The zero-order valence-corrected chi connectivity index (χ0v) is 12.2. The summed E-state index contributed by atoms with van der Waals surface area (Å²) in [5.41, 5.74) is 0.358. The monoisotopic (exact) mass is 297 g/mol. The van der Waals surface area contributed by atoms with E-state index in [4.69, 9.17) is 4.74 Å². The topological polar surface area (TPSA) is 45.7 Å². The molecule has 1 fully saturated rings. The number of aliphatic imine (C=N–C) groups is 1. The van der Waals surface area contributed by atoms with Gasteiger partial charge in [0.05, 0.1) is 6.10 Å². The van der Waals surface area contributed by atoms with Crippen molar-refractivity contribution < 1.29 is 13.5 Å². The Labute approximate surface area is 123 Å². The molecule has 1 saturated heterocycles. The van der Waals surface area contributed by atoms with Gasteiger partial charge in [-0.1, -0.05) is 12.1 Å². The maximum atomic E-state index is 13.5. The molecule has 1 unspecified atom stereocenters. The van der Waals surface area contributed by atoms with Crippen molar-refractivity contribution in [3.63, 3.8) is 0 Å². The van der Waals surface area contributed by atoms with Crippen LogP contribution in [0, 0.1) is 11.6 Å². The lowest BCUT2D eigenvalue weighted by atomic mass is 10.1. The molecule has 1 atom stereocenters. The lowest BCUT2D eigenvalue weighted by molar-refractivity contribution is 0.114. The third-order valence-corrected chi connectivity index (χ3v) is 3.46. The van der Waals surface area contributed by atoms with Crippen LogP contribution in [0.1, 0.15) is 18.4 Å². The molecule has 1 aromatic carbocycles. The van der Waals surface area contributed by atoms with Crippen molar-refractivity contribution in [2.45, 2.75) is 25.4 Å². The predicted octanol–water partition coefficient (Wildman–Crippen LogP) is 1.85. The summed E-state index contributed by atoms with van der Waals surface area (Å²) < 4.78 is 32.1. The van der Waals surface area contributed by atoms with Gasteiger partial charge >= 0.3 is 0 Å². The van der Waals surface area contributed by atoms with Gasteiger partial charge in [0.15, 0.2) is 17.6 Å². The number of ether oxygens (including phenoxy) is 1. The quantitative estimate of drug-likeness (QED) is 0.644. The average Bonchev–Trinajstić information content (AvgIpc) is 3.00. The highest BCUT2D eigenvalue weighted by molar-refractivity contribution is 5.79. The number of halogens is 2. The van der Waals surface area contributed by atoms with Crippen LogP contribution in [0.4, 0.5) is 8.78 Å². The average molecular weight is 297 g/mol. The molecule has 0 spiro atoms. The van der Waals surface area contributed by atoms with Crippen molar-refractivity contribution >= 4 is 5.96 Å². The second-order valence-electron chi connectivity index (χ2n) is 4.98. The van der Waals surface area contributed by atoms with Gasteiger partial charge in [-0.3, -0.25) is 4.99 Å². The summed E-state index contributed by atoms with van der Waals surface area (Å²) in [5, 5.41) is 6.25. The van der Waals surface area contributed by atoms with Crippen molar-refractivity contribution in [3.8, 4) is 0 Å². The summed E-state index contributed by atoms with van der Waals surface area (Å²) in [6, 6.07) is 4.22. The van der Waals surface area contributed by atoms with Gasteiger partial charge in [-0.15, -0.1) is 0 Å². The molecule has 0 saturated carbocycles. The predicted molar refractivity (Wildman–Crippen MR) is 78.4 cm³/mol. The van der Waals surface area contributed by atoms with Crippen LogP contribution in [0.2, 0.25) is 0 Å². The van der Waals surface area contributed by atoms with E-state index < -0.39 is 11.6 Å². The molecule has 6 heteroatoms. The molecular weight excluding hydrogens is 276 g/mol. The Morgan fingerprint density at radius 2 is 2.24 bits per heavy atom. The minimum absolute atomic E-state index is 0.226. The molecule has 2 N–H and O–H groups in total. The van der Waals surface area contributed by atoms with Gasteiger partial charge < -0.3 is 15.4 Å². The summed E-state index contributed by atoms with van der Waals surface area (Å²) >= 11 is 0. The molecule has 0 amide bonds. The van der Waals surface area contributed by atoms with E-state index in [-0.39, 0.29) is 6.10 Å². The van der Waals surface area contributed by atoms with Gasteiger partial charge in [-0.05, 0) is 30.9 Å². The molecule has 4 nitrogen and oxygen atoms in total. The molecule has 1 aliphatic heterocycles. The van der Waals surface area contributed by atoms with Crippen molar-refractivity contribution in [2.24, 2.45) is 4.99 Å². The Morgan fingerprint density at radius 3 is 2.95 bits per heavy atom. The number of guanidine groups is 1. The van der Waals surface area contributed by atoms with Crippen molar-refractivity contribution in [2.75, 3.05) is 26.7 Å². The normalized spacial score (nSPS) is 18.8. The summed E-state index contributed by atoms with van der Waals surface area (Å²) in [4.78, 5) is 4.09. The molecule has 2 rings (SSSR count). The zero-order chi connectivity index (χ0) is 15.1. The highest BCUT2D eigenvalue weighted by Gasteiger charge is 2.15. The van der Waals surface area contributed by atoms with Gasteiger partial charge in [-0.25, -0.2) is 8.78 Å². The Hall–Kier alpha value is -1.69. The van der Waals surface area contributed by atoms with Crippen LogP contribution in [0.15, 0.2) is 23.2 Å². The van der Waals surface area contributed by atoms with Crippen LogP contribution in [0.25, 0.3) is 0 Å². The van der Waals surface area contributed by atoms with E-state index in [1.165, 1.54) is 6.07 Å². The Bertz CT molecular complexity index is 488. The van der Waals surface area contributed by atoms with Crippen molar-refractivity contribution in [1.82, 2.24) is 10.6 Å². The van der Waals surface area contributed by atoms with Crippen LogP contribution in [0.5, 0.6) is 0 Å². The number of hydrogen-bond donors (Lipinski definition) is 2. The van der Waals surface area contributed by atoms with Gasteiger partial charge in [-0.2, -0.15) is 0 Å². The Kier molecular flexibility index (Phi) is 5.92. The molecule has 0 aromatic heterocycles. The number of nitrogens with one attached hydrogen (secondary N) is 2. The lowest BCUT2D eigenvalue weighted by Gasteiger charge is -2.15. The van der Waals surface area contributed by atoms with Crippen LogP contribution in [0.3, 0.4) is 0 Å². The van der Waals surface area contributed by atoms with E-state index in [0.717, 1.165) is 25.5 Å². The third-order valence-electron chi connectivity index (χ3n) is 3.46. The minimum atomic E-state index is -0.812. The van der Waals surface area contributed by atoms with E-state index in [9.17, 15) is 8.78 Å². The smallest absolute Gasteiger partial charge is 0.191 e. The maximum absolute atomic E-state index is 13.5. The number of rotatable bonds is 5. The first-order valence-corrected chi connectivity index (χ1v) is 7.19. The summed E-state index contributed by atoms with van der Waals surface area (Å²) in [5.74, 6) is -0.947. The summed E-state index contributed by atoms with van der Waals surface area (Å²) in [7, 11) is 1.67. The first-order valence-electron chi connectivity index (χ1n) is 7.19. The van der Waals surface area contributed by atoms with Crippen LogP contribution in [-0.2, 0) is 11.2 Å². The third kappa shape index (κ3) is 4.67. The fraction of sp³-hybridized carbons (Fsp3) is 0.533. The van der Waals surface area contributed by atoms with Crippen LogP contribution in [-0.4, -0.2) is 38.8 Å². The van der Waals surface area contributed by atoms with E-state index >= 15 is 0 Å². The number of nitrogens with zero attached hydrogens (tertiary/aromatic N) is 1. The highest BCUT2D eigenvalue weighted by atomic mass is 19.2. The Morgan fingerprint density at radius 1 is 1.38 bits per heavy atom. The second-order valence-corrected chi connectivity index (χ2v) is 4.98. The van der Waals surface area contributed by atoms with E-state index in [1.54, 1.807) is 13.1 Å². The standard InChI is InChI=1S/C15H21F2N3O/c1-18-15(20-10-12-5-3-9-21-12)19-8-7-11-4-2-6-13(16)14(11)17/h2,4,6,12H,3,5,7-10H2,1H3,(H2,18,19,20). The van der Waals surface area contributed by atoms with Crippen LogP contribution < -0.4 is 10.6 Å². The Balaban J connectivity index is 1.74. The molecule has 0 radical (unpaired) electrons. The van der Waals surface area contributed by atoms with E-state index in [1.807, 2.05) is 0 Å².